The van der Waals surface area contributed by atoms with Crippen LogP contribution < -0.4 is 0 Å². The fraction of sp³-hybridized carbons (Fsp3) is 0.833. The van der Waals surface area contributed by atoms with Gasteiger partial charge in [-0.2, -0.15) is 0 Å². The lowest BCUT2D eigenvalue weighted by molar-refractivity contribution is -0.132. The Morgan fingerprint density at radius 3 is 2.88 bits per heavy atom. The van der Waals surface area contributed by atoms with Gasteiger partial charge in [-0.15, -0.1) is 0 Å². The van der Waals surface area contributed by atoms with Crippen LogP contribution in [0.15, 0.2) is 4.99 Å². The zero-order valence-corrected chi connectivity index (χ0v) is 10.8. The quantitative estimate of drug-likeness (QED) is 0.743. The Morgan fingerprint density at radius 1 is 1.44 bits per heavy atom. The average Bonchev–Trinajstić information content (AvgIpc) is 2.78. The van der Waals surface area contributed by atoms with Crippen LogP contribution in [0.4, 0.5) is 0 Å². The fourth-order valence-corrected chi connectivity index (χ4v) is 3.23. The third-order valence-corrected chi connectivity index (χ3v) is 4.19. The Morgan fingerprint density at radius 2 is 2.19 bits per heavy atom. The summed E-state index contributed by atoms with van der Waals surface area (Å²) >= 11 is 1.69. The summed E-state index contributed by atoms with van der Waals surface area (Å²) in [5.41, 5.74) is 0. The van der Waals surface area contributed by atoms with E-state index in [0.717, 1.165) is 36.9 Å². The van der Waals surface area contributed by atoms with Crippen molar-refractivity contribution in [1.29, 1.82) is 0 Å². The average molecular weight is 240 g/mol. The number of thioether (sulfide) groups is 1. The van der Waals surface area contributed by atoms with E-state index in [1.165, 1.54) is 19.3 Å². The molecule has 0 N–H and O–H groups in total. The van der Waals surface area contributed by atoms with E-state index in [1.807, 2.05) is 4.90 Å². The molecule has 0 spiro atoms. The monoisotopic (exact) mass is 240 g/mol. The number of carbonyl (C=O) groups is 1. The van der Waals surface area contributed by atoms with Gasteiger partial charge < -0.3 is 0 Å². The van der Waals surface area contributed by atoms with Crippen molar-refractivity contribution < 1.29 is 4.79 Å². The third kappa shape index (κ3) is 2.59. The highest BCUT2D eigenvalue weighted by molar-refractivity contribution is 8.13. The van der Waals surface area contributed by atoms with Gasteiger partial charge in [0.2, 0.25) is 5.91 Å². The summed E-state index contributed by atoms with van der Waals surface area (Å²) in [6.45, 7) is 3.70. The molecule has 0 saturated heterocycles. The van der Waals surface area contributed by atoms with E-state index in [4.69, 9.17) is 0 Å². The van der Waals surface area contributed by atoms with Crippen LogP contribution >= 0.6 is 11.8 Å². The van der Waals surface area contributed by atoms with Crippen LogP contribution in [0.2, 0.25) is 0 Å². The van der Waals surface area contributed by atoms with Gasteiger partial charge in [-0.3, -0.25) is 14.7 Å². The summed E-state index contributed by atoms with van der Waals surface area (Å²) in [4.78, 5) is 18.6. The van der Waals surface area contributed by atoms with Gasteiger partial charge in [0.15, 0.2) is 5.17 Å². The molecule has 0 aromatic rings. The first-order valence-electron chi connectivity index (χ1n) is 6.31. The van der Waals surface area contributed by atoms with Crippen LogP contribution in [0.1, 0.15) is 39.0 Å². The number of nitrogens with zero attached hydrogens (tertiary/aromatic N) is 2. The van der Waals surface area contributed by atoms with Gasteiger partial charge in [0.1, 0.15) is 0 Å². The first-order valence-corrected chi connectivity index (χ1v) is 7.30. The molecule has 2 rings (SSSR count). The summed E-state index contributed by atoms with van der Waals surface area (Å²) < 4.78 is 0. The van der Waals surface area contributed by atoms with Gasteiger partial charge >= 0.3 is 0 Å². The molecular formula is C12H20N2OS. The molecule has 1 aliphatic carbocycles. The highest BCUT2D eigenvalue weighted by atomic mass is 32.2. The summed E-state index contributed by atoms with van der Waals surface area (Å²) in [7, 11) is 0. The molecule has 4 heteroatoms. The lowest BCUT2D eigenvalue weighted by atomic mass is 9.88. The zero-order valence-electron chi connectivity index (χ0n) is 9.95. The molecule has 1 aliphatic heterocycles. The third-order valence-electron chi connectivity index (χ3n) is 3.30. The van der Waals surface area contributed by atoms with E-state index < -0.39 is 0 Å². The molecule has 1 saturated carbocycles. The van der Waals surface area contributed by atoms with E-state index in [1.54, 1.807) is 11.8 Å². The number of hydrogen-bond donors (Lipinski definition) is 0. The molecule has 2 aliphatic rings. The Bertz CT molecular complexity index is 285. The number of carbonyl (C=O) groups excluding carboxylic acids is 1. The van der Waals surface area contributed by atoms with E-state index >= 15 is 0 Å². The Kier molecular flexibility index (Phi) is 4.27. The number of rotatable bonds is 2. The van der Waals surface area contributed by atoms with Crippen molar-refractivity contribution in [3.05, 3.63) is 0 Å². The van der Waals surface area contributed by atoms with Crippen LogP contribution in [0.5, 0.6) is 0 Å². The second kappa shape index (κ2) is 5.71. The summed E-state index contributed by atoms with van der Waals surface area (Å²) in [6, 6.07) is 0. The molecular weight excluding hydrogens is 220 g/mol. The number of aliphatic imine (C=N–C) groups is 1. The van der Waals surface area contributed by atoms with Crippen LogP contribution in [0.25, 0.3) is 0 Å². The normalized spacial score (nSPS) is 22.3. The van der Waals surface area contributed by atoms with Crippen molar-refractivity contribution in [2.45, 2.75) is 39.0 Å². The zero-order chi connectivity index (χ0) is 11.4. The van der Waals surface area contributed by atoms with Gasteiger partial charge in [0.25, 0.3) is 0 Å². The number of amidine groups is 1. The first-order chi connectivity index (χ1) is 7.83. The van der Waals surface area contributed by atoms with Gasteiger partial charge in [-0.05, 0) is 18.6 Å². The predicted octanol–water partition coefficient (Wildman–Crippen LogP) is 2.52. The van der Waals surface area contributed by atoms with Crippen LogP contribution in [0.3, 0.4) is 0 Å². The van der Waals surface area contributed by atoms with Crippen molar-refractivity contribution >= 4 is 22.8 Å². The topological polar surface area (TPSA) is 32.7 Å². The smallest absolute Gasteiger partial charge is 0.231 e. The molecule has 3 nitrogen and oxygen atoms in total. The molecule has 0 aromatic heterocycles. The Labute approximate surface area is 102 Å². The maximum atomic E-state index is 12.3. The molecule has 0 atom stereocenters. The molecule has 1 heterocycles. The molecule has 1 fully saturated rings. The van der Waals surface area contributed by atoms with Crippen LogP contribution in [-0.4, -0.2) is 34.8 Å². The lowest BCUT2D eigenvalue weighted by Gasteiger charge is -2.26. The summed E-state index contributed by atoms with van der Waals surface area (Å²) in [6.07, 6.45) is 5.91. The minimum Gasteiger partial charge on any atom is -0.289 e. The SMILES string of the molecule is CCSC1=NCCN1C(=O)C1CCCCC1. The molecule has 90 valence electrons. The standard InChI is InChI=1S/C12H20N2OS/c1-2-16-12-13-8-9-14(12)11(15)10-6-4-3-5-7-10/h10H,2-9H2,1H3. The van der Waals surface area contributed by atoms with E-state index in [2.05, 4.69) is 11.9 Å². The van der Waals surface area contributed by atoms with Crippen molar-refractivity contribution in [3.63, 3.8) is 0 Å². The number of hydrogen-bond acceptors (Lipinski definition) is 3. The molecule has 0 unspecified atom stereocenters. The van der Waals surface area contributed by atoms with Crippen LogP contribution in [0, 0.1) is 5.92 Å². The highest BCUT2D eigenvalue weighted by Gasteiger charge is 2.30. The van der Waals surface area contributed by atoms with Gasteiger partial charge in [-0.1, -0.05) is 37.9 Å². The summed E-state index contributed by atoms with van der Waals surface area (Å²) in [5, 5.41) is 0.957. The fourth-order valence-electron chi connectivity index (χ4n) is 2.45. The van der Waals surface area contributed by atoms with E-state index in [-0.39, 0.29) is 5.92 Å². The minimum absolute atomic E-state index is 0.273. The predicted molar refractivity (Wildman–Crippen MR) is 68.7 cm³/mol. The van der Waals surface area contributed by atoms with Crippen molar-refractivity contribution in [2.24, 2.45) is 10.9 Å². The van der Waals surface area contributed by atoms with Gasteiger partial charge in [-0.25, -0.2) is 0 Å². The minimum atomic E-state index is 0.273. The van der Waals surface area contributed by atoms with Crippen molar-refractivity contribution in [3.8, 4) is 0 Å². The largest absolute Gasteiger partial charge is 0.289 e. The van der Waals surface area contributed by atoms with E-state index in [0.29, 0.717) is 5.91 Å². The molecule has 0 bridgehead atoms. The van der Waals surface area contributed by atoms with Crippen molar-refractivity contribution in [1.82, 2.24) is 4.90 Å². The Balaban J connectivity index is 1.95. The first kappa shape index (κ1) is 12.0. The molecule has 1 amide bonds. The molecule has 0 radical (unpaired) electrons. The Hall–Kier alpha value is -0.510. The van der Waals surface area contributed by atoms with E-state index in [9.17, 15) is 4.79 Å². The second-order valence-electron chi connectivity index (χ2n) is 4.42. The second-order valence-corrected chi connectivity index (χ2v) is 5.65. The van der Waals surface area contributed by atoms with Crippen molar-refractivity contribution in [2.75, 3.05) is 18.8 Å². The lowest BCUT2D eigenvalue weighted by Crippen LogP contribution is -2.38. The maximum absolute atomic E-state index is 12.3. The molecule has 16 heavy (non-hydrogen) atoms. The highest BCUT2D eigenvalue weighted by Crippen LogP contribution is 2.27. The number of amides is 1. The summed E-state index contributed by atoms with van der Waals surface area (Å²) in [5.74, 6) is 1.60. The van der Waals surface area contributed by atoms with Gasteiger partial charge in [0, 0.05) is 12.5 Å². The van der Waals surface area contributed by atoms with Crippen LogP contribution in [-0.2, 0) is 4.79 Å². The maximum Gasteiger partial charge on any atom is 0.231 e. The molecule has 0 aromatic carbocycles. The van der Waals surface area contributed by atoms with Gasteiger partial charge in [0.05, 0.1) is 6.54 Å².